The Morgan fingerprint density at radius 2 is 0.878 bits per heavy atom. The van der Waals surface area contributed by atoms with Gasteiger partial charge in [0.1, 0.15) is 0 Å². The van der Waals surface area contributed by atoms with E-state index in [-0.39, 0.29) is 0 Å². The van der Waals surface area contributed by atoms with Crippen LogP contribution in [0.3, 0.4) is 0 Å². The van der Waals surface area contributed by atoms with Crippen LogP contribution in [0.1, 0.15) is 121 Å². The Kier molecular flexibility index (Phi) is 10.7. The predicted octanol–water partition coefficient (Wildman–Crippen LogP) is 7.76. The minimum Gasteiger partial charge on any atom is -0.352 e. The van der Waals surface area contributed by atoms with Crippen LogP contribution in [0, 0.1) is 45.3 Å². The molecule has 4 aliphatic rings. The highest BCUT2D eigenvalue weighted by Crippen LogP contribution is 2.69. The molecule has 0 N–H and O–H groups in total. The van der Waals surface area contributed by atoms with Gasteiger partial charge in [0.15, 0.2) is 0 Å². The van der Waals surface area contributed by atoms with Crippen molar-refractivity contribution in [1.29, 1.82) is 0 Å². The van der Waals surface area contributed by atoms with Crippen LogP contribution in [-0.2, 0) is 30.7 Å². The van der Waals surface area contributed by atoms with Crippen LogP contribution in [0.15, 0.2) is 0 Å². The van der Waals surface area contributed by atoms with Crippen molar-refractivity contribution in [2.75, 3.05) is 39.6 Å². The Morgan fingerprint density at radius 1 is 0.537 bits per heavy atom. The molecule has 0 radical (unpaired) electrons. The van der Waals surface area contributed by atoms with Gasteiger partial charge in [0.25, 0.3) is 0 Å². The number of fused-ring (bicyclic) bond motifs is 4. The molecule has 4 saturated carbocycles. The fourth-order valence-electron chi connectivity index (χ4n) is 9.55. The number of rotatable bonds is 18. The molecule has 4 aliphatic carbocycles. The molecule has 0 aromatic rings. The molecule has 0 spiro atoms. The summed E-state index contributed by atoms with van der Waals surface area (Å²) in [5.74, 6) is 2.88. The molecular formula is C32H62O7Si2. The summed E-state index contributed by atoms with van der Waals surface area (Å²) in [6, 6.07) is 0. The monoisotopic (exact) mass is 614 g/mol. The van der Waals surface area contributed by atoms with E-state index in [0.717, 1.165) is 24.7 Å². The lowest BCUT2D eigenvalue weighted by molar-refractivity contribution is -0.0678. The Morgan fingerprint density at radius 3 is 1.12 bits per heavy atom. The topological polar surface area (TPSA) is 64.6 Å². The Bertz CT molecular complexity index is 789. The highest BCUT2D eigenvalue weighted by atomic mass is 28.5. The fraction of sp³-hybridized carbons (Fsp3) is 1.00. The molecule has 0 aromatic heterocycles. The molecule has 4 rings (SSSR count). The van der Waals surface area contributed by atoms with Crippen molar-refractivity contribution in [2.45, 2.75) is 121 Å². The highest BCUT2D eigenvalue weighted by molar-refractivity contribution is 6.68. The lowest BCUT2D eigenvalue weighted by Crippen LogP contribution is -2.62. The first kappa shape index (κ1) is 34.0. The first-order valence-electron chi connectivity index (χ1n) is 16.8. The van der Waals surface area contributed by atoms with E-state index in [2.05, 4.69) is 41.5 Å². The van der Waals surface area contributed by atoms with Gasteiger partial charge in [-0.15, -0.1) is 0 Å². The van der Waals surface area contributed by atoms with Crippen LogP contribution in [0.5, 0.6) is 0 Å². The Balaban J connectivity index is 1.44. The molecule has 4 bridgehead atoms. The van der Waals surface area contributed by atoms with Gasteiger partial charge in [-0.1, -0.05) is 41.5 Å². The Labute approximate surface area is 254 Å². The molecule has 240 valence electrons. The summed E-state index contributed by atoms with van der Waals surface area (Å²) >= 11 is 0. The summed E-state index contributed by atoms with van der Waals surface area (Å²) in [6.45, 7) is 25.4. The van der Waals surface area contributed by atoms with Gasteiger partial charge >= 0.3 is 18.1 Å². The zero-order chi connectivity index (χ0) is 30.2. The first-order valence-corrected chi connectivity index (χ1v) is 20.1. The maximum absolute atomic E-state index is 6.72. The molecule has 7 nitrogen and oxygen atoms in total. The van der Waals surface area contributed by atoms with Crippen molar-refractivity contribution in [2.24, 2.45) is 45.3 Å². The van der Waals surface area contributed by atoms with Crippen molar-refractivity contribution < 1.29 is 30.7 Å². The van der Waals surface area contributed by atoms with E-state index >= 15 is 0 Å². The van der Waals surface area contributed by atoms with Crippen molar-refractivity contribution in [1.82, 2.24) is 0 Å². The average Bonchev–Trinajstić information content (AvgIpc) is 3.41. The van der Waals surface area contributed by atoms with E-state index in [4.69, 9.17) is 30.7 Å². The van der Waals surface area contributed by atoms with E-state index in [0.29, 0.717) is 73.1 Å². The zero-order valence-electron chi connectivity index (χ0n) is 28.1. The van der Waals surface area contributed by atoms with Gasteiger partial charge in [0.05, 0.1) is 0 Å². The van der Waals surface area contributed by atoms with E-state index in [1.54, 1.807) is 0 Å². The van der Waals surface area contributed by atoms with Crippen molar-refractivity contribution in [3.05, 3.63) is 0 Å². The standard InChI is InChI=1S/C32H62O7Si2/c1-11-33-40(34-12-2,37-21-17-27-23-25-15-19-31(27,9)29(25,5)6)39-41(35-13-3,36-14-4)38-22-18-28-24-26-16-20-32(28,10)30(26,7)8/h25-28H,11-24H2,1-10H3. The second-order valence-electron chi connectivity index (χ2n) is 14.7. The zero-order valence-corrected chi connectivity index (χ0v) is 30.1. The van der Waals surface area contributed by atoms with Crippen LogP contribution < -0.4 is 0 Å². The van der Waals surface area contributed by atoms with Crippen molar-refractivity contribution in [3.8, 4) is 0 Å². The van der Waals surface area contributed by atoms with Gasteiger partial charge in [-0.25, -0.2) is 0 Å². The summed E-state index contributed by atoms with van der Waals surface area (Å²) in [5.41, 5.74) is 1.47. The summed E-state index contributed by atoms with van der Waals surface area (Å²) in [4.78, 5) is 0. The molecule has 0 saturated heterocycles. The van der Waals surface area contributed by atoms with Crippen LogP contribution in [0.25, 0.3) is 0 Å². The van der Waals surface area contributed by atoms with Gasteiger partial charge < -0.3 is 30.7 Å². The SMILES string of the molecule is CCO[Si](OCC)(OCCC1CC2CCC1(C)C2(C)C)O[Si](OCC)(OCC)OCCC1CC2CCC1(C)C2(C)C. The van der Waals surface area contributed by atoms with Crippen molar-refractivity contribution >= 4 is 18.1 Å². The first-order chi connectivity index (χ1) is 19.3. The highest BCUT2D eigenvalue weighted by Gasteiger charge is 2.63. The van der Waals surface area contributed by atoms with Gasteiger partial charge in [0.2, 0.25) is 0 Å². The molecule has 0 aromatic carbocycles. The molecule has 6 atom stereocenters. The largest absolute Gasteiger partial charge is 0.673 e. The second kappa shape index (κ2) is 12.9. The van der Waals surface area contributed by atoms with Crippen LogP contribution >= 0.6 is 0 Å². The average molecular weight is 615 g/mol. The fourth-order valence-corrected chi connectivity index (χ4v) is 14.8. The number of hydrogen-bond donors (Lipinski definition) is 0. The van der Waals surface area contributed by atoms with Gasteiger partial charge in [0, 0.05) is 39.6 Å². The minimum atomic E-state index is -3.60. The molecule has 0 heterocycles. The van der Waals surface area contributed by atoms with Crippen LogP contribution in [-0.4, -0.2) is 57.7 Å². The molecule has 41 heavy (non-hydrogen) atoms. The number of hydrogen-bond acceptors (Lipinski definition) is 7. The summed E-state index contributed by atoms with van der Waals surface area (Å²) in [5, 5.41) is 0. The normalized spacial score (nSPS) is 35.6. The lowest BCUT2D eigenvalue weighted by Gasteiger charge is -2.40. The van der Waals surface area contributed by atoms with E-state index in [1.807, 2.05) is 27.7 Å². The van der Waals surface area contributed by atoms with Crippen LogP contribution in [0.4, 0.5) is 0 Å². The lowest BCUT2D eigenvalue weighted by atomic mass is 9.66. The molecule has 6 unspecified atom stereocenters. The van der Waals surface area contributed by atoms with Gasteiger partial charge in [-0.3, -0.25) is 0 Å². The van der Waals surface area contributed by atoms with E-state index < -0.39 is 18.1 Å². The van der Waals surface area contributed by atoms with Crippen molar-refractivity contribution in [3.63, 3.8) is 0 Å². The van der Waals surface area contributed by atoms with E-state index in [9.17, 15) is 0 Å². The molecule has 0 aliphatic heterocycles. The second-order valence-corrected chi connectivity index (χ2v) is 19.3. The summed E-state index contributed by atoms with van der Waals surface area (Å²) in [6.07, 6.45) is 9.84. The van der Waals surface area contributed by atoms with E-state index in [1.165, 1.54) is 38.5 Å². The summed E-state index contributed by atoms with van der Waals surface area (Å²) in [7, 11) is -7.21. The molecule has 0 amide bonds. The third kappa shape index (κ3) is 6.07. The maximum atomic E-state index is 6.72. The van der Waals surface area contributed by atoms with Crippen LogP contribution in [0.2, 0.25) is 0 Å². The maximum Gasteiger partial charge on any atom is 0.673 e. The molecular weight excluding hydrogens is 553 g/mol. The predicted molar refractivity (Wildman–Crippen MR) is 166 cm³/mol. The summed E-state index contributed by atoms with van der Waals surface area (Å²) < 4.78 is 44.8. The van der Waals surface area contributed by atoms with Gasteiger partial charge in [-0.05, 0) is 124 Å². The quantitative estimate of drug-likeness (QED) is 0.146. The smallest absolute Gasteiger partial charge is 0.352 e. The molecule has 4 fully saturated rings. The Hall–Kier alpha value is 0.154. The molecule has 9 heteroatoms. The third-order valence-corrected chi connectivity index (χ3v) is 18.7. The minimum absolute atomic E-state index is 0.354. The van der Waals surface area contributed by atoms with Gasteiger partial charge in [-0.2, -0.15) is 0 Å². The third-order valence-electron chi connectivity index (χ3n) is 13.0.